The molecule has 68 valence electrons. The van der Waals surface area contributed by atoms with Crippen LogP contribution in [0, 0.1) is 5.92 Å². The van der Waals surface area contributed by atoms with E-state index in [1.54, 1.807) is 6.92 Å². The predicted octanol–water partition coefficient (Wildman–Crippen LogP) is 1.86. The van der Waals surface area contributed by atoms with Gasteiger partial charge in [0.2, 0.25) is 0 Å². The molecule has 4 heteroatoms. The van der Waals surface area contributed by atoms with Gasteiger partial charge in [-0.25, -0.2) is 0 Å². The van der Waals surface area contributed by atoms with Gasteiger partial charge in [0.15, 0.2) is 0 Å². The summed E-state index contributed by atoms with van der Waals surface area (Å²) in [6, 6.07) is 0. The molecular formula is C8H14N2O2. The van der Waals surface area contributed by atoms with E-state index in [1.807, 2.05) is 0 Å². The van der Waals surface area contributed by atoms with E-state index in [1.165, 1.54) is 0 Å². The van der Waals surface area contributed by atoms with Gasteiger partial charge in [-0.2, -0.15) is 0 Å². The van der Waals surface area contributed by atoms with Crippen molar-refractivity contribution in [1.82, 2.24) is 0 Å². The fraction of sp³-hybridized carbons (Fsp3) is 0.750. The van der Waals surface area contributed by atoms with Gasteiger partial charge in [0.1, 0.15) is 0 Å². The van der Waals surface area contributed by atoms with Crippen LogP contribution in [0.15, 0.2) is 10.3 Å². The van der Waals surface area contributed by atoms with Crippen molar-refractivity contribution in [1.29, 1.82) is 0 Å². The minimum atomic E-state index is 0.0498. The molecule has 1 aliphatic rings. The lowest BCUT2D eigenvalue weighted by atomic mass is 9.84. The van der Waals surface area contributed by atoms with Crippen molar-refractivity contribution in [3.8, 4) is 0 Å². The van der Waals surface area contributed by atoms with Crippen molar-refractivity contribution in [2.75, 3.05) is 0 Å². The fourth-order valence-electron chi connectivity index (χ4n) is 1.63. The third kappa shape index (κ3) is 1.75. The zero-order valence-electron chi connectivity index (χ0n) is 7.19. The Bertz CT molecular complexity index is 211. The van der Waals surface area contributed by atoms with Gasteiger partial charge in [-0.1, -0.05) is 16.7 Å². The van der Waals surface area contributed by atoms with E-state index in [0.29, 0.717) is 5.71 Å². The van der Waals surface area contributed by atoms with Crippen LogP contribution in [-0.4, -0.2) is 21.8 Å². The molecule has 0 saturated heterocycles. The van der Waals surface area contributed by atoms with E-state index < -0.39 is 0 Å². The minimum absolute atomic E-state index is 0.0498. The van der Waals surface area contributed by atoms with Gasteiger partial charge in [0.05, 0.1) is 11.4 Å². The first-order valence-electron chi connectivity index (χ1n) is 4.19. The normalized spacial score (nSPS) is 29.2. The summed E-state index contributed by atoms with van der Waals surface area (Å²) in [6.07, 6.45) is 3.91. The Morgan fingerprint density at radius 1 is 1.42 bits per heavy atom. The molecule has 0 aliphatic heterocycles. The second-order valence-corrected chi connectivity index (χ2v) is 3.13. The highest BCUT2D eigenvalue weighted by molar-refractivity contribution is 6.06. The van der Waals surface area contributed by atoms with E-state index in [-0.39, 0.29) is 5.92 Å². The van der Waals surface area contributed by atoms with Gasteiger partial charge >= 0.3 is 0 Å². The number of hydrogen-bond donors (Lipinski definition) is 2. The van der Waals surface area contributed by atoms with Crippen molar-refractivity contribution in [2.24, 2.45) is 16.2 Å². The Balaban J connectivity index is 2.72. The van der Waals surface area contributed by atoms with E-state index in [4.69, 9.17) is 10.4 Å². The Kier molecular flexibility index (Phi) is 3.08. The lowest BCUT2D eigenvalue weighted by molar-refractivity contribution is 0.307. The number of oxime groups is 2. The molecule has 0 heterocycles. The second-order valence-electron chi connectivity index (χ2n) is 3.13. The minimum Gasteiger partial charge on any atom is -0.411 e. The van der Waals surface area contributed by atoms with Crippen LogP contribution in [0.25, 0.3) is 0 Å². The molecule has 0 aromatic heterocycles. The summed E-state index contributed by atoms with van der Waals surface area (Å²) in [5.74, 6) is 0.0498. The van der Waals surface area contributed by atoms with Gasteiger partial charge in [-0.3, -0.25) is 0 Å². The van der Waals surface area contributed by atoms with E-state index in [0.717, 1.165) is 31.4 Å². The largest absolute Gasteiger partial charge is 0.411 e. The van der Waals surface area contributed by atoms with Crippen LogP contribution < -0.4 is 0 Å². The van der Waals surface area contributed by atoms with Crippen LogP contribution in [0.1, 0.15) is 32.6 Å². The molecule has 0 aromatic rings. The molecule has 12 heavy (non-hydrogen) atoms. The van der Waals surface area contributed by atoms with Crippen LogP contribution in [0.4, 0.5) is 0 Å². The van der Waals surface area contributed by atoms with Gasteiger partial charge < -0.3 is 10.4 Å². The quantitative estimate of drug-likeness (QED) is 0.358. The smallest absolute Gasteiger partial charge is 0.0658 e. The molecular weight excluding hydrogens is 156 g/mol. The van der Waals surface area contributed by atoms with Crippen LogP contribution in [0.3, 0.4) is 0 Å². The van der Waals surface area contributed by atoms with Crippen LogP contribution >= 0.6 is 0 Å². The molecule has 1 aliphatic carbocycles. The maximum atomic E-state index is 8.66. The molecule has 0 radical (unpaired) electrons. The Hall–Kier alpha value is -1.06. The molecule has 1 unspecified atom stereocenters. The highest BCUT2D eigenvalue weighted by Gasteiger charge is 2.23. The standard InChI is InChI=1S/C8H14N2O2/c1-6(9-11)7-4-2-3-5-8(7)10-12/h7,11-12H,2-5H2,1H3/b9-6+,10-8-. The van der Waals surface area contributed by atoms with Crippen molar-refractivity contribution in [3.05, 3.63) is 0 Å². The lowest BCUT2D eigenvalue weighted by Gasteiger charge is -2.21. The summed E-state index contributed by atoms with van der Waals surface area (Å²) in [5.41, 5.74) is 1.39. The SMILES string of the molecule is C/C(=N\O)C1CCCC/C1=N/O. The summed E-state index contributed by atoms with van der Waals surface area (Å²) in [5, 5.41) is 23.6. The first-order valence-corrected chi connectivity index (χ1v) is 4.19. The second kappa shape index (κ2) is 4.09. The summed E-state index contributed by atoms with van der Waals surface area (Å²) >= 11 is 0. The summed E-state index contributed by atoms with van der Waals surface area (Å²) in [7, 11) is 0. The molecule has 0 aromatic carbocycles. The number of rotatable bonds is 1. The molecule has 0 bridgehead atoms. The van der Waals surface area contributed by atoms with Gasteiger partial charge in [-0.15, -0.1) is 0 Å². The van der Waals surface area contributed by atoms with Crippen molar-refractivity contribution < 1.29 is 10.4 Å². The summed E-state index contributed by atoms with van der Waals surface area (Å²) in [4.78, 5) is 0. The average Bonchev–Trinajstić information content (AvgIpc) is 2.16. The Labute approximate surface area is 71.6 Å². The van der Waals surface area contributed by atoms with Crippen molar-refractivity contribution in [3.63, 3.8) is 0 Å². The molecule has 4 nitrogen and oxygen atoms in total. The molecule has 1 atom stereocenters. The number of hydrogen-bond acceptors (Lipinski definition) is 4. The van der Waals surface area contributed by atoms with Crippen LogP contribution in [-0.2, 0) is 0 Å². The monoisotopic (exact) mass is 170 g/mol. The molecule has 1 saturated carbocycles. The molecule has 0 amide bonds. The van der Waals surface area contributed by atoms with E-state index in [2.05, 4.69) is 10.3 Å². The maximum Gasteiger partial charge on any atom is 0.0658 e. The molecule has 0 spiro atoms. The topological polar surface area (TPSA) is 65.2 Å². The summed E-state index contributed by atoms with van der Waals surface area (Å²) < 4.78 is 0. The molecule has 1 fully saturated rings. The van der Waals surface area contributed by atoms with Crippen LogP contribution in [0.2, 0.25) is 0 Å². The Morgan fingerprint density at radius 3 is 2.75 bits per heavy atom. The zero-order valence-corrected chi connectivity index (χ0v) is 7.19. The van der Waals surface area contributed by atoms with Crippen molar-refractivity contribution in [2.45, 2.75) is 32.6 Å². The van der Waals surface area contributed by atoms with E-state index in [9.17, 15) is 0 Å². The van der Waals surface area contributed by atoms with Gasteiger partial charge in [0, 0.05) is 5.92 Å². The maximum absolute atomic E-state index is 8.66. The molecule has 2 N–H and O–H groups in total. The number of nitrogens with zero attached hydrogens (tertiary/aromatic N) is 2. The van der Waals surface area contributed by atoms with Gasteiger partial charge in [0.25, 0.3) is 0 Å². The first kappa shape index (κ1) is 9.03. The van der Waals surface area contributed by atoms with Gasteiger partial charge in [-0.05, 0) is 26.2 Å². The van der Waals surface area contributed by atoms with Crippen LogP contribution in [0.5, 0.6) is 0 Å². The van der Waals surface area contributed by atoms with E-state index >= 15 is 0 Å². The third-order valence-electron chi connectivity index (χ3n) is 2.37. The third-order valence-corrected chi connectivity index (χ3v) is 2.37. The highest BCUT2D eigenvalue weighted by Crippen LogP contribution is 2.22. The summed E-state index contributed by atoms with van der Waals surface area (Å²) in [6.45, 7) is 1.75. The predicted molar refractivity (Wildman–Crippen MR) is 46.1 cm³/mol. The average molecular weight is 170 g/mol. The highest BCUT2D eigenvalue weighted by atomic mass is 16.4. The fourth-order valence-corrected chi connectivity index (χ4v) is 1.63. The molecule has 1 rings (SSSR count). The zero-order chi connectivity index (χ0) is 8.97. The lowest BCUT2D eigenvalue weighted by Crippen LogP contribution is -2.25. The first-order chi connectivity index (χ1) is 5.79. The van der Waals surface area contributed by atoms with Crippen molar-refractivity contribution >= 4 is 11.4 Å². The Morgan fingerprint density at radius 2 is 2.17 bits per heavy atom.